The second kappa shape index (κ2) is 5.91. The maximum atomic E-state index is 13.7. The lowest BCUT2D eigenvalue weighted by molar-refractivity contribution is 0.173. The van der Waals surface area contributed by atoms with Crippen LogP contribution in [0.1, 0.15) is 13.8 Å². The van der Waals surface area contributed by atoms with E-state index in [2.05, 4.69) is 6.58 Å². The summed E-state index contributed by atoms with van der Waals surface area (Å²) in [6, 6.07) is 11.3. The largest absolute Gasteiger partial charge is 0.563 e. The third-order valence-corrected chi connectivity index (χ3v) is 3.83. The maximum absolute atomic E-state index is 13.7. The minimum absolute atomic E-state index is 0.116. The molecule has 6 heteroatoms. The van der Waals surface area contributed by atoms with Gasteiger partial charge in [-0.05, 0) is 49.6 Å². The first-order valence-corrected chi connectivity index (χ1v) is 7.50. The van der Waals surface area contributed by atoms with Crippen LogP contribution in [-0.2, 0) is 9.31 Å². The molecule has 0 N–H and O–H groups in total. The zero-order valence-corrected chi connectivity index (χ0v) is 13.6. The van der Waals surface area contributed by atoms with Crippen LogP contribution >= 0.6 is 11.6 Å². The molecule has 0 saturated carbocycles. The summed E-state index contributed by atoms with van der Waals surface area (Å²) in [6.45, 7) is 7.65. The zero-order valence-electron chi connectivity index (χ0n) is 12.8. The first kappa shape index (κ1) is 15.9. The summed E-state index contributed by atoms with van der Waals surface area (Å²) in [5.74, 6) is 0.698. The number of rotatable bonds is 3. The van der Waals surface area contributed by atoms with E-state index >= 15 is 0 Å². The van der Waals surface area contributed by atoms with Crippen LogP contribution < -0.4 is 10.2 Å². The van der Waals surface area contributed by atoms with Crippen LogP contribution in [0, 0.1) is 5.82 Å². The summed E-state index contributed by atoms with van der Waals surface area (Å²) in [6.07, 6.45) is 0. The minimum Gasteiger partial charge on any atom is -0.534 e. The Labute approximate surface area is 139 Å². The van der Waals surface area contributed by atoms with Crippen LogP contribution in [0.15, 0.2) is 54.8 Å². The molecule has 0 amide bonds. The van der Waals surface area contributed by atoms with E-state index in [0.717, 1.165) is 5.46 Å². The fraction of sp³-hybridized carbons (Fsp3) is 0.176. The summed E-state index contributed by atoms with van der Waals surface area (Å²) in [4.78, 5) is 0. The molecule has 1 fully saturated rings. The van der Waals surface area contributed by atoms with E-state index in [-0.39, 0.29) is 5.75 Å². The standard InChI is InChI=1S/C17H15BClFO3/c1-11-17(2,3)23-18(22-11)12-4-7-14(8-5-12)21-16-9-6-13(19)10-15(16)20/h4-10H,1H2,2-3H3. The fourth-order valence-corrected chi connectivity index (χ4v) is 2.30. The maximum Gasteiger partial charge on any atom is 0.563 e. The molecular formula is C17H15BClFO3. The second-order valence-corrected chi connectivity index (χ2v) is 6.18. The van der Waals surface area contributed by atoms with Crippen LogP contribution in [0.5, 0.6) is 11.5 Å². The smallest absolute Gasteiger partial charge is 0.534 e. The van der Waals surface area contributed by atoms with Gasteiger partial charge in [0.2, 0.25) is 0 Å². The quantitative estimate of drug-likeness (QED) is 0.784. The molecule has 2 aromatic carbocycles. The van der Waals surface area contributed by atoms with Gasteiger partial charge in [-0.1, -0.05) is 30.3 Å². The Hall–Kier alpha value is -1.98. The molecule has 0 aromatic heterocycles. The van der Waals surface area contributed by atoms with Gasteiger partial charge in [0.1, 0.15) is 11.4 Å². The van der Waals surface area contributed by atoms with E-state index in [0.29, 0.717) is 16.5 Å². The molecule has 1 saturated heterocycles. The van der Waals surface area contributed by atoms with Gasteiger partial charge in [0.25, 0.3) is 0 Å². The van der Waals surface area contributed by atoms with E-state index in [1.807, 2.05) is 26.0 Å². The van der Waals surface area contributed by atoms with Crippen molar-refractivity contribution in [2.75, 3.05) is 0 Å². The summed E-state index contributed by atoms with van der Waals surface area (Å²) >= 11 is 5.72. The molecule has 0 radical (unpaired) electrons. The molecule has 3 rings (SSSR count). The Morgan fingerprint density at radius 1 is 1.17 bits per heavy atom. The number of hydrogen-bond acceptors (Lipinski definition) is 3. The number of ether oxygens (including phenoxy) is 1. The topological polar surface area (TPSA) is 27.7 Å². The Morgan fingerprint density at radius 2 is 1.87 bits per heavy atom. The van der Waals surface area contributed by atoms with Gasteiger partial charge in [-0.15, -0.1) is 0 Å². The minimum atomic E-state index is -0.522. The summed E-state index contributed by atoms with van der Waals surface area (Å²) in [5.41, 5.74) is 0.312. The molecule has 0 bridgehead atoms. The van der Waals surface area contributed by atoms with Crippen molar-refractivity contribution in [2.24, 2.45) is 0 Å². The van der Waals surface area contributed by atoms with Gasteiger partial charge in [-0.3, -0.25) is 0 Å². The monoisotopic (exact) mass is 332 g/mol. The summed E-state index contributed by atoms with van der Waals surface area (Å²) in [5, 5.41) is 0.323. The molecule has 0 atom stereocenters. The van der Waals surface area contributed by atoms with Crippen molar-refractivity contribution in [3.63, 3.8) is 0 Å². The molecule has 118 valence electrons. The predicted octanol–water partition coefficient (Wildman–Crippen LogP) is 4.31. The van der Waals surface area contributed by atoms with E-state index in [1.54, 1.807) is 18.2 Å². The van der Waals surface area contributed by atoms with Crippen LogP contribution in [0.4, 0.5) is 4.39 Å². The van der Waals surface area contributed by atoms with Crippen LogP contribution in [0.25, 0.3) is 0 Å². The normalized spacial score (nSPS) is 16.3. The molecule has 3 nitrogen and oxygen atoms in total. The Bertz CT molecular complexity index is 746. The van der Waals surface area contributed by atoms with Crippen molar-refractivity contribution in [1.82, 2.24) is 0 Å². The van der Waals surface area contributed by atoms with E-state index in [9.17, 15) is 4.39 Å². The first-order valence-electron chi connectivity index (χ1n) is 7.12. The van der Waals surface area contributed by atoms with Gasteiger partial charge in [-0.2, -0.15) is 0 Å². The predicted molar refractivity (Wildman–Crippen MR) is 88.7 cm³/mol. The third kappa shape index (κ3) is 3.36. The Balaban J connectivity index is 1.74. The lowest BCUT2D eigenvalue weighted by Gasteiger charge is -2.15. The highest BCUT2D eigenvalue weighted by Gasteiger charge is 2.42. The van der Waals surface area contributed by atoms with Crippen LogP contribution in [0.2, 0.25) is 5.02 Å². The molecule has 1 heterocycles. The average molecular weight is 333 g/mol. The lowest BCUT2D eigenvalue weighted by atomic mass is 9.79. The highest BCUT2D eigenvalue weighted by molar-refractivity contribution is 6.62. The fourth-order valence-electron chi connectivity index (χ4n) is 2.14. The summed E-state index contributed by atoms with van der Waals surface area (Å²) in [7, 11) is -0.501. The van der Waals surface area contributed by atoms with Gasteiger partial charge >= 0.3 is 7.12 Å². The van der Waals surface area contributed by atoms with Crippen molar-refractivity contribution >= 4 is 24.2 Å². The molecule has 1 aliphatic rings. The average Bonchev–Trinajstić information content (AvgIpc) is 2.77. The Kier molecular flexibility index (Phi) is 4.09. The van der Waals surface area contributed by atoms with Gasteiger partial charge in [0.05, 0.1) is 5.76 Å². The Morgan fingerprint density at radius 3 is 2.43 bits per heavy atom. The van der Waals surface area contributed by atoms with Crippen LogP contribution in [-0.4, -0.2) is 12.7 Å². The molecule has 0 spiro atoms. The van der Waals surface area contributed by atoms with Gasteiger partial charge in [0, 0.05) is 5.02 Å². The van der Waals surface area contributed by atoms with E-state index in [1.165, 1.54) is 12.1 Å². The van der Waals surface area contributed by atoms with Gasteiger partial charge in [0.15, 0.2) is 11.6 Å². The molecule has 0 aliphatic carbocycles. The zero-order chi connectivity index (χ0) is 16.6. The van der Waals surface area contributed by atoms with Crippen molar-refractivity contribution in [2.45, 2.75) is 19.4 Å². The van der Waals surface area contributed by atoms with Crippen molar-refractivity contribution < 1.29 is 18.4 Å². The first-order chi connectivity index (χ1) is 10.8. The van der Waals surface area contributed by atoms with E-state index in [4.69, 9.17) is 25.6 Å². The molecule has 0 unspecified atom stereocenters. The molecule has 2 aromatic rings. The molecule has 23 heavy (non-hydrogen) atoms. The third-order valence-electron chi connectivity index (χ3n) is 3.60. The number of benzene rings is 2. The highest BCUT2D eigenvalue weighted by Crippen LogP contribution is 2.30. The van der Waals surface area contributed by atoms with Gasteiger partial charge in [-0.25, -0.2) is 4.39 Å². The number of halogens is 2. The van der Waals surface area contributed by atoms with Crippen molar-refractivity contribution in [3.05, 3.63) is 65.6 Å². The van der Waals surface area contributed by atoms with Crippen molar-refractivity contribution in [3.8, 4) is 11.5 Å². The second-order valence-electron chi connectivity index (χ2n) is 5.75. The SMILES string of the molecule is C=C1OB(c2ccc(Oc3ccc(Cl)cc3F)cc2)OC1(C)C. The van der Waals surface area contributed by atoms with Crippen LogP contribution in [0.3, 0.4) is 0 Å². The highest BCUT2D eigenvalue weighted by atomic mass is 35.5. The molecular weight excluding hydrogens is 317 g/mol. The number of hydrogen-bond donors (Lipinski definition) is 0. The lowest BCUT2D eigenvalue weighted by Crippen LogP contribution is -2.34. The molecule has 1 aliphatic heterocycles. The van der Waals surface area contributed by atoms with Gasteiger partial charge < -0.3 is 14.0 Å². The summed E-state index contributed by atoms with van der Waals surface area (Å²) < 4.78 is 30.7. The van der Waals surface area contributed by atoms with Crippen molar-refractivity contribution in [1.29, 1.82) is 0 Å². The van der Waals surface area contributed by atoms with E-state index < -0.39 is 18.5 Å².